The SMILES string of the molecule is CCCC(C)CNc1nc(Nc2ccc(OCC)c(Cl)c2)nc(NC(CC)C2CCCN2)n1. The van der Waals surface area contributed by atoms with E-state index in [4.69, 9.17) is 16.3 Å². The minimum absolute atomic E-state index is 0.259. The second-order valence-corrected chi connectivity index (χ2v) is 9.05. The second-order valence-electron chi connectivity index (χ2n) is 8.65. The van der Waals surface area contributed by atoms with Gasteiger partial charge in [-0.25, -0.2) is 0 Å². The van der Waals surface area contributed by atoms with E-state index in [0.717, 1.165) is 44.5 Å². The van der Waals surface area contributed by atoms with Crippen molar-refractivity contribution in [3.63, 3.8) is 0 Å². The number of benzene rings is 1. The van der Waals surface area contributed by atoms with Crippen molar-refractivity contribution in [2.45, 2.75) is 71.9 Å². The van der Waals surface area contributed by atoms with E-state index in [0.29, 0.717) is 47.2 Å². The molecule has 9 heteroatoms. The van der Waals surface area contributed by atoms with E-state index in [-0.39, 0.29) is 6.04 Å². The highest BCUT2D eigenvalue weighted by Gasteiger charge is 2.24. The summed E-state index contributed by atoms with van der Waals surface area (Å²) in [6.07, 6.45) is 5.66. The van der Waals surface area contributed by atoms with Gasteiger partial charge < -0.3 is 26.0 Å². The van der Waals surface area contributed by atoms with Crippen LogP contribution < -0.4 is 26.0 Å². The Labute approximate surface area is 202 Å². The Morgan fingerprint density at radius 1 is 1.15 bits per heavy atom. The molecule has 1 fully saturated rings. The van der Waals surface area contributed by atoms with Crippen molar-refractivity contribution < 1.29 is 4.74 Å². The van der Waals surface area contributed by atoms with Crippen LogP contribution in [0.5, 0.6) is 5.75 Å². The molecule has 182 valence electrons. The molecule has 0 spiro atoms. The molecular formula is C24H38ClN7O. The topological polar surface area (TPSA) is 96.0 Å². The molecule has 2 aromatic rings. The fraction of sp³-hybridized carbons (Fsp3) is 0.625. The third kappa shape index (κ3) is 7.61. The zero-order valence-corrected chi connectivity index (χ0v) is 21.0. The largest absolute Gasteiger partial charge is 0.492 e. The van der Waals surface area contributed by atoms with Gasteiger partial charge in [-0.3, -0.25) is 0 Å². The third-order valence-electron chi connectivity index (χ3n) is 5.85. The molecular weight excluding hydrogens is 438 g/mol. The smallest absolute Gasteiger partial charge is 0.233 e. The molecule has 1 aliphatic heterocycles. The first-order valence-electron chi connectivity index (χ1n) is 12.2. The van der Waals surface area contributed by atoms with Crippen molar-refractivity contribution in [1.29, 1.82) is 0 Å². The monoisotopic (exact) mass is 475 g/mol. The zero-order chi connectivity index (χ0) is 23.6. The zero-order valence-electron chi connectivity index (χ0n) is 20.2. The van der Waals surface area contributed by atoms with Crippen molar-refractivity contribution in [2.24, 2.45) is 5.92 Å². The van der Waals surface area contributed by atoms with Gasteiger partial charge in [-0.2, -0.15) is 15.0 Å². The van der Waals surface area contributed by atoms with Crippen LogP contribution in [0.2, 0.25) is 5.02 Å². The fourth-order valence-electron chi connectivity index (χ4n) is 4.12. The Morgan fingerprint density at radius 3 is 2.61 bits per heavy atom. The Balaban J connectivity index is 1.80. The number of halogens is 1. The molecule has 1 aromatic heterocycles. The maximum atomic E-state index is 6.36. The van der Waals surface area contributed by atoms with Crippen LogP contribution in [-0.4, -0.2) is 46.7 Å². The molecule has 3 unspecified atom stereocenters. The van der Waals surface area contributed by atoms with Crippen LogP contribution in [0.4, 0.5) is 23.5 Å². The first-order valence-corrected chi connectivity index (χ1v) is 12.6. The number of rotatable bonds is 13. The van der Waals surface area contributed by atoms with Crippen LogP contribution in [-0.2, 0) is 0 Å². The number of ether oxygens (including phenoxy) is 1. The molecule has 0 radical (unpaired) electrons. The van der Waals surface area contributed by atoms with Gasteiger partial charge in [-0.05, 0) is 63.3 Å². The molecule has 0 bridgehead atoms. The van der Waals surface area contributed by atoms with Gasteiger partial charge in [0.1, 0.15) is 5.75 Å². The van der Waals surface area contributed by atoms with E-state index in [1.165, 1.54) is 6.42 Å². The molecule has 2 heterocycles. The highest BCUT2D eigenvalue weighted by Crippen LogP contribution is 2.29. The average molecular weight is 476 g/mol. The average Bonchev–Trinajstić information content (AvgIpc) is 3.33. The fourth-order valence-corrected chi connectivity index (χ4v) is 4.36. The van der Waals surface area contributed by atoms with Crippen LogP contribution >= 0.6 is 11.6 Å². The Morgan fingerprint density at radius 2 is 1.94 bits per heavy atom. The minimum atomic E-state index is 0.259. The third-order valence-corrected chi connectivity index (χ3v) is 6.15. The lowest BCUT2D eigenvalue weighted by molar-refractivity contribution is 0.340. The number of hydrogen-bond donors (Lipinski definition) is 4. The quantitative estimate of drug-likeness (QED) is 0.303. The highest BCUT2D eigenvalue weighted by atomic mass is 35.5. The molecule has 33 heavy (non-hydrogen) atoms. The van der Waals surface area contributed by atoms with E-state index in [9.17, 15) is 0 Å². The molecule has 8 nitrogen and oxygen atoms in total. The van der Waals surface area contributed by atoms with Crippen molar-refractivity contribution in [3.05, 3.63) is 23.2 Å². The van der Waals surface area contributed by atoms with Gasteiger partial charge in [0.25, 0.3) is 0 Å². The first-order chi connectivity index (χ1) is 16.0. The Hall–Kier alpha value is -2.32. The molecule has 4 N–H and O–H groups in total. The van der Waals surface area contributed by atoms with Crippen molar-refractivity contribution in [1.82, 2.24) is 20.3 Å². The van der Waals surface area contributed by atoms with Gasteiger partial charge >= 0.3 is 0 Å². The maximum Gasteiger partial charge on any atom is 0.233 e. The van der Waals surface area contributed by atoms with Gasteiger partial charge in [0.2, 0.25) is 17.8 Å². The summed E-state index contributed by atoms with van der Waals surface area (Å²) in [6.45, 7) is 11.0. The van der Waals surface area contributed by atoms with Crippen LogP contribution in [0.3, 0.4) is 0 Å². The summed E-state index contributed by atoms with van der Waals surface area (Å²) in [5.74, 6) is 2.79. The molecule has 1 aromatic carbocycles. The van der Waals surface area contributed by atoms with Crippen molar-refractivity contribution >= 4 is 35.1 Å². The molecule has 3 atom stereocenters. The van der Waals surface area contributed by atoms with Crippen molar-refractivity contribution in [2.75, 3.05) is 35.6 Å². The number of nitrogens with one attached hydrogen (secondary N) is 4. The Kier molecular flexibility index (Phi) is 9.81. The molecule has 1 saturated heterocycles. The van der Waals surface area contributed by atoms with Gasteiger partial charge in [0.05, 0.1) is 11.6 Å². The van der Waals surface area contributed by atoms with E-state index >= 15 is 0 Å². The molecule has 0 amide bonds. The van der Waals surface area contributed by atoms with E-state index in [1.54, 1.807) is 0 Å². The summed E-state index contributed by atoms with van der Waals surface area (Å²) in [5.41, 5.74) is 0.787. The summed E-state index contributed by atoms with van der Waals surface area (Å²) in [5, 5.41) is 14.3. The molecule has 3 rings (SSSR count). The van der Waals surface area contributed by atoms with Gasteiger partial charge in [0, 0.05) is 24.3 Å². The van der Waals surface area contributed by atoms with Gasteiger partial charge in [-0.15, -0.1) is 0 Å². The number of hydrogen-bond acceptors (Lipinski definition) is 8. The summed E-state index contributed by atoms with van der Waals surface area (Å²) in [6, 6.07) is 6.25. The number of aromatic nitrogens is 3. The normalized spacial score (nSPS) is 17.4. The lowest BCUT2D eigenvalue weighted by atomic mass is 10.0. The Bertz CT molecular complexity index is 876. The van der Waals surface area contributed by atoms with Gasteiger partial charge in [-0.1, -0.05) is 38.8 Å². The predicted molar refractivity (Wildman–Crippen MR) is 137 cm³/mol. The predicted octanol–water partition coefficient (Wildman–Crippen LogP) is 5.46. The minimum Gasteiger partial charge on any atom is -0.492 e. The lowest BCUT2D eigenvalue weighted by Crippen LogP contribution is -2.40. The van der Waals surface area contributed by atoms with Crippen LogP contribution in [0.1, 0.15) is 59.8 Å². The standard InChI is InChI=1S/C24H38ClN7O/c1-5-9-16(4)15-27-22-30-23(28-17-11-12-21(33-7-3)18(25)14-17)32-24(31-22)29-19(6-2)20-10-8-13-26-20/h11-12,14,16,19-20,26H,5-10,13,15H2,1-4H3,(H3,27,28,29,30,31,32). The highest BCUT2D eigenvalue weighted by molar-refractivity contribution is 6.32. The first kappa shape index (κ1) is 25.3. The van der Waals surface area contributed by atoms with Gasteiger partial charge in [0.15, 0.2) is 0 Å². The van der Waals surface area contributed by atoms with E-state index < -0.39 is 0 Å². The maximum absolute atomic E-state index is 6.36. The molecule has 0 aliphatic carbocycles. The summed E-state index contributed by atoms with van der Waals surface area (Å²) in [7, 11) is 0. The number of nitrogens with zero attached hydrogens (tertiary/aromatic N) is 3. The van der Waals surface area contributed by atoms with Crippen LogP contribution in [0.15, 0.2) is 18.2 Å². The van der Waals surface area contributed by atoms with E-state index in [1.807, 2.05) is 25.1 Å². The second kappa shape index (κ2) is 12.8. The summed E-state index contributed by atoms with van der Waals surface area (Å²) < 4.78 is 5.53. The number of anilines is 4. The van der Waals surface area contributed by atoms with Crippen LogP contribution in [0, 0.1) is 5.92 Å². The van der Waals surface area contributed by atoms with E-state index in [2.05, 4.69) is 57.0 Å². The van der Waals surface area contributed by atoms with Crippen molar-refractivity contribution in [3.8, 4) is 5.75 Å². The van der Waals surface area contributed by atoms with Crippen LogP contribution in [0.25, 0.3) is 0 Å². The molecule has 0 saturated carbocycles. The summed E-state index contributed by atoms with van der Waals surface area (Å²) in [4.78, 5) is 13.9. The lowest BCUT2D eigenvalue weighted by Gasteiger charge is -2.24. The summed E-state index contributed by atoms with van der Waals surface area (Å²) >= 11 is 6.36. The molecule has 1 aliphatic rings.